The number of fused-ring (bicyclic) bond motifs is 1. The summed E-state index contributed by atoms with van der Waals surface area (Å²) in [6.07, 6.45) is 2.39. The standard InChI is InChI=1S/C23H19BrClN3O2S/c1-3-14(2)22-27-20-10-4-15(24)12-19(20)23(29)28(22)26-13-17-7-11-21(30-17)31-18-8-5-16(25)6-9-18/h4-14H,3H2,1-2H3/t14-/m0/s1. The highest BCUT2D eigenvalue weighted by Gasteiger charge is 2.15. The molecule has 0 bridgehead atoms. The van der Waals surface area contributed by atoms with E-state index in [-0.39, 0.29) is 11.5 Å². The molecule has 4 rings (SSSR count). The second-order valence-electron chi connectivity index (χ2n) is 7.02. The second-order valence-corrected chi connectivity index (χ2v) is 9.45. The topological polar surface area (TPSA) is 60.4 Å². The Kier molecular flexibility index (Phi) is 6.65. The van der Waals surface area contributed by atoms with Gasteiger partial charge >= 0.3 is 0 Å². The van der Waals surface area contributed by atoms with E-state index in [1.165, 1.54) is 16.4 Å². The van der Waals surface area contributed by atoms with Crippen molar-refractivity contribution < 1.29 is 4.42 Å². The van der Waals surface area contributed by atoms with Crippen LogP contribution < -0.4 is 5.56 Å². The maximum atomic E-state index is 13.2. The lowest BCUT2D eigenvalue weighted by Gasteiger charge is -2.13. The van der Waals surface area contributed by atoms with Crippen LogP contribution >= 0.6 is 39.3 Å². The van der Waals surface area contributed by atoms with Crippen LogP contribution in [0.25, 0.3) is 10.9 Å². The third kappa shape index (κ3) is 4.95. The van der Waals surface area contributed by atoms with Crippen LogP contribution in [0.5, 0.6) is 0 Å². The smallest absolute Gasteiger partial charge is 0.282 e. The Balaban J connectivity index is 1.67. The van der Waals surface area contributed by atoms with Crippen LogP contribution in [0.4, 0.5) is 0 Å². The van der Waals surface area contributed by atoms with Gasteiger partial charge in [0.2, 0.25) is 0 Å². The summed E-state index contributed by atoms with van der Waals surface area (Å²) in [4.78, 5) is 18.9. The molecule has 0 saturated heterocycles. The van der Waals surface area contributed by atoms with E-state index in [1.54, 1.807) is 12.3 Å². The zero-order chi connectivity index (χ0) is 22.0. The van der Waals surface area contributed by atoms with E-state index in [4.69, 9.17) is 21.0 Å². The van der Waals surface area contributed by atoms with Gasteiger partial charge in [0.05, 0.1) is 17.1 Å². The van der Waals surface area contributed by atoms with Crippen molar-refractivity contribution in [3.63, 3.8) is 0 Å². The van der Waals surface area contributed by atoms with Crippen LogP contribution in [-0.2, 0) is 0 Å². The number of furan rings is 1. The largest absolute Gasteiger partial charge is 0.448 e. The van der Waals surface area contributed by atoms with Crippen molar-refractivity contribution in [3.05, 3.63) is 86.0 Å². The van der Waals surface area contributed by atoms with E-state index in [0.29, 0.717) is 27.5 Å². The van der Waals surface area contributed by atoms with Gasteiger partial charge in [-0.25, -0.2) is 4.98 Å². The zero-order valence-electron chi connectivity index (χ0n) is 16.9. The van der Waals surface area contributed by atoms with Crippen LogP contribution in [0.2, 0.25) is 5.02 Å². The van der Waals surface area contributed by atoms with Gasteiger partial charge in [-0.1, -0.05) is 53.1 Å². The molecule has 2 aromatic heterocycles. The van der Waals surface area contributed by atoms with Gasteiger partial charge in [0.25, 0.3) is 5.56 Å². The highest BCUT2D eigenvalue weighted by atomic mass is 79.9. The van der Waals surface area contributed by atoms with Gasteiger partial charge in [-0.2, -0.15) is 9.78 Å². The van der Waals surface area contributed by atoms with Crippen molar-refractivity contribution in [1.82, 2.24) is 9.66 Å². The lowest BCUT2D eigenvalue weighted by Crippen LogP contribution is -2.23. The van der Waals surface area contributed by atoms with Crippen molar-refractivity contribution in [3.8, 4) is 0 Å². The van der Waals surface area contributed by atoms with Gasteiger partial charge < -0.3 is 4.42 Å². The highest BCUT2D eigenvalue weighted by molar-refractivity contribution is 9.10. The summed E-state index contributed by atoms with van der Waals surface area (Å²) in [5, 5.41) is 6.36. The molecule has 2 aromatic carbocycles. The summed E-state index contributed by atoms with van der Waals surface area (Å²) in [7, 11) is 0. The molecule has 31 heavy (non-hydrogen) atoms. The third-order valence-corrected chi connectivity index (χ3v) is 6.49. The fourth-order valence-corrected chi connectivity index (χ4v) is 4.24. The molecular formula is C23H19BrClN3O2S. The maximum absolute atomic E-state index is 13.2. The summed E-state index contributed by atoms with van der Waals surface area (Å²) in [6, 6.07) is 16.7. The Hall–Kier alpha value is -2.35. The first-order valence-electron chi connectivity index (χ1n) is 9.74. The van der Waals surface area contributed by atoms with Crippen LogP contribution in [0, 0.1) is 0 Å². The van der Waals surface area contributed by atoms with Gasteiger partial charge in [-0.15, -0.1) is 0 Å². The van der Waals surface area contributed by atoms with Gasteiger partial charge in [0.15, 0.2) is 5.09 Å². The number of halogens is 2. The minimum Gasteiger partial charge on any atom is -0.448 e. The van der Waals surface area contributed by atoms with Gasteiger partial charge in [-0.3, -0.25) is 4.79 Å². The fraction of sp³-hybridized carbons (Fsp3) is 0.174. The summed E-state index contributed by atoms with van der Waals surface area (Å²) < 4.78 is 8.04. The van der Waals surface area contributed by atoms with Crippen molar-refractivity contribution in [1.29, 1.82) is 0 Å². The van der Waals surface area contributed by atoms with Crippen molar-refractivity contribution in [2.24, 2.45) is 5.10 Å². The minimum atomic E-state index is -0.208. The second kappa shape index (κ2) is 9.42. The molecule has 0 N–H and O–H groups in total. The average molecular weight is 517 g/mol. The molecular weight excluding hydrogens is 498 g/mol. The summed E-state index contributed by atoms with van der Waals surface area (Å²) in [5.41, 5.74) is 0.453. The van der Waals surface area contributed by atoms with Crippen molar-refractivity contribution in [2.75, 3.05) is 0 Å². The Morgan fingerprint density at radius 3 is 2.74 bits per heavy atom. The third-order valence-electron chi connectivity index (χ3n) is 4.82. The average Bonchev–Trinajstić information content (AvgIpc) is 3.21. The zero-order valence-corrected chi connectivity index (χ0v) is 20.0. The number of aromatic nitrogens is 2. The molecule has 0 radical (unpaired) electrons. The van der Waals surface area contributed by atoms with E-state index < -0.39 is 0 Å². The Bertz CT molecular complexity index is 1310. The molecule has 0 aliphatic carbocycles. The number of hydrogen-bond donors (Lipinski definition) is 0. The van der Waals surface area contributed by atoms with Crippen molar-refractivity contribution >= 4 is 56.4 Å². The SMILES string of the molecule is CC[C@H](C)c1nc2ccc(Br)cc2c(=O)n1N=Cc1ccc(Sc2ccc(Cl)cc2)o1. The Morgan fingerprint density at radius 1 is 1.23 bits per heavy atom. The minimum absolute atomic E-state index is 0.0746. The number of hydrogen-bond acceptors (Lipinski definition) is 5. The lowest BCUT2D eigenvalue weighted by molar-refractivity contribution is 0.468. The Labute approximate surface area is 197 Å². The predicted molar refractivity (Wildman–Crippen MR) is 130 cm³/mol. The van der Waals surface area contributed by atoms with Crippen LogP contribution in [0.1, 0.15) is 37.8 Å². The fourth-order valence-electron chi connectivity index (χ4n) is 2.97. The van der Waals surface area contributed by atoms with E-state index in [1.807, 2.05) is 55.5 Å². The lowest BCUT2D eigenvalue weighted by atomic mass is 10.1. The van der Waals surface area contributed by atoms with E-state index in [2.05, 4.69) is 28.0 Å². The molecule has 0 amide bonds. The van der Waals surface area contributed by atoms with Gasteiger partial charge in [0, 0.05) is 20.3 Å². The van der Waals surface area contributed by atoms with Crippen LogP contribution in [-0.4, -0.2) is 15.9 Å². The number of rotatable bonds is 6. The quantitative estimate of drug-likeness (QED) is 0.260. The van der Waals surface area contributed by atoms with E-state index in [9.17, 15) is 4.79 Å². The number of benzene rings is 2. The summed E-state index contributed by atoms with van der Waals surface area (Å²) in [6.45, 7) is 4.09. The van der Waals surface area contributed by atoms with Gasteiger partial charge in [-0.05, 0) is 61.0 Å². The maximum Gasteiger partial charge on any atom is 0.282 e. The van der Waals surface area contributed by atoms with E-state index >= 15 is 0 Å². The molecule has 0 aliphatic rings. The molecule has 8 heteroatoms. The first-order chi connectivity index (χ1) is 14.9. The monoisotopic (exact) mass is 515 g/mol. The Morgan fingerprint density at radius 2 is 2.00 bits per heavy atom. The molecule has 0 unspecified atom stereocenters. The molecule has 0 aliphatic heterocycles. The summed E-state index contributed by atoms with van der Waals surface area (Å²) in [5.74, 6) is 1.25. The highest BCUT2D eigenvalue weighted by Crippen LogP contribution is 2.29. The molecule has 158 valence electrons. The van der Waals surface area contributed by atoms with Crippen molar-refractivity contribution in [2.45, 2.75) is 36.2 Å². The normalized spacial score (nSPS) is 12.6. The van der Waals surface area contributed by atoms with Crippen LogP contribution in [0.15, 0.2) is 83.4 Å². The molecule has 2 heterocycles. The first kappa shape index (κ1) is 21.9. The summed E-state index contributed by atoms with van der Waals surface area (Å²) >= 11 is 10.8. The molecule has 1 atom stereocenters. The molecule has 5 nitrogen and oxygen atoms in total. The van der Waals surface area contributed by atoms with Crippen LogP contribution in [0.3, 0.4) is 0 Å². The first-order valence-corrected chi connectivity index (χ1v) is 11.7. The van der Waals surface area contributed by atoms with Gasteiger partial charge in [0.1, 0.15) is 11.6 Å². The molecule has 0 fully saturated rings. The van der Waals surface area contributed by atoms with E-state index in [0.717, 1.165) is 20.9 Å². The molecule has 4 aromatic rings. The predicted octanol–water partition coefficient (Wildman–Crippen LogP) is 6.95. The molecule has 0 spiro atoms. The molecule has 0 saturated carbocycles. The number of nitrogens with zero attached hydrogens (tertiary/aromatic N) is 3.